The van der Waals surface area contributed by atoms with Gasteiger partial charge in [0.1, 0.15) is 0 Å². The summed E-state index contributed by atoms with van der Waals surface area (Å²) in [6.07, 6.45) is 2.57. The van der Waals surface area contributed by atoms with Crippen LogP contribution in [0.4, 0.5) is 0 Å². The molecule has 1 heterocycles. The van der Waals surface area contributed by atoms with Crippen molar-refractivity contribution in [3.05, 3.63) is 34.9 Å². The fourth-order valence-corrected chi connectivity index (χ4v) is 2.40. The van der Waals surface area contributed by atoms with Gasteiger partial charge >= 0.3 is 0 Å². The maximum Gasteiger partial charge on any atom is 0.0787 e. The third-order valence-electron chi connectivity index (χ3n) is 3.02. The van der Waals surface area contributed by atoms with Gasteiger partial charge in [0.05, 0.1) is 18.2 Å². The molecule has 0 saturated carbocycles. The van der Waals surface area contributed by atoms with E-state index in [0.29, 0.717) is 6.10 Å². The Bertz CT molecular complexity index is 359. The van der Waals surface area contributed by atoms with Gasteiger partial charge in [-0.3, -0.25) is 11.3 Å². The third-order valence-corrected chi connectivity index (χ3v) is 3.26. The van der Waals surface area contributed by atoms with E-state index >= 15 is 0 Å². The lowest BCUT2D eigenvalue weighted by atomic mass is 10.00. The molecule has 0 aliphatic carbocycles. The average molecular weight is 241 g/mol. The Morgan fingerprint density at radius 3 is 2.88 bits per heavy atom. The van der Waals surface area contributed by atoms with E-state index in [0.717, 1.165) is 23.4 Å². The van der Waals surface area contributed by atoms with Crippen LogP contribution in [0.25, 0.3) is 0 Å². The molecule has 0 amide bonds. The number of nitrogens with two attached hydrogens (primary N) is 1. The van der Waals surface area contributed by atoms with E-state index in [1.54, 1.807) is 0 Å². The minimum atomic E-state index is 0.0173. The lowest BCUT2D eigenvalue weighted by molar-refractivity contribution is 0.0316. The summed E-state index contributed by atoms with van der Waals surface area (Å²) in [7, 11) is 0. The average Bonchev–Trinajstić information content (AvgIpc) is 2.66. The Balaban J connectivity index is 2.16. The molecule has 3 nitrogen and oxygen atoms in total. The van der Waals surface area contributed by atoms with Gasteiger partial charge in [0.2, 0.25) is 0 Å². The van der Waals surface area contributed by atoms with E-state index in [1.807, 2.05) is 24.3 Å². The first-order valence-electron chi connectivity index (χ1n) is 5.57. The molecule has 0 radical (unpaired) electrons. The molecule has 3 unspecified atom stereocenters. The number of halogens is 1. The van der Waals surface area contributed by atoms with Crippen LogP contribution in [0.3, 0.4) is 0 Å². The molecule has 1 aliphatic rings. The minimum Gasteiger partial charge on any atom is -0.373 e. The fourth-order valence-electron chi connectivity index (χ4n) is 2.20. The summed E-state index contributed by atoms with van der Waals surface area (Å²) in [5, 5.41) is 0.726. The lowest BCUT2D eigenvalue weighted by Gasteiger charge is -2.23. The van der Waals surface area contributed by atoms with Crippen LogP contribution in [-0.4, -0.2) is 12.2 Å². The first-order chi connectivity index (χ1) is 7.70. The Hall–Kier alpha value is -0.610. The van der Waals surface area contributed by atoms with Gasteiger partial charge in [0.15, 0.2) is 0 Å². The van der Waals surface area contributed by atoms with Crippen molar-refractivity contribution >= 4 is 11.6 Å². The summed E-state index contributed by atoms with van der Waals surface area (Å²) >= 11 is 5.97. The maximum atomic E-state index is 5.97. The predicted molar refractivity (Wildman–Crippen MR) is 65.1 cm³/mol. The summed E-state index contributed by atoms with van der Waals surface area (Å²) < 4.78 is 5.82. The number of nitrogens with one attached hydrogen (secondary N) is 1. The van der Waals surface area contributed by atoms with E-state index in [4.69, 9.17) is 22.2 Å². The third kappa shape index (κ3) is 2.55. The summed E-state index contributed by atoms with van der Waals surface area (Å²) in [5.74, 6) is 5.61. The lowest BCUT2D eigenvalue weighted by Crippen LogP contribution is -2.36. The summed E-state index contributed by atoms with van der Waals surface area (Å²) in [6, 6.07) is 7.75. The standard InChI is InChI=1S/C12H17ClN2O/c1-8-5-6-11(16-8)12(15-14)9-3-2-4-10(13)7-9/h2-4,7-8,11-12,15H,5-6,14H2,1H3. The minimum absolute atomic E-state index is 0.0173. The Morgan fingerprint density at radius 1 is 1.50 bits per heavy atom. The molecule has 4 heteroatoms. The van der Waals surface area contributed by atoms with Gasteiger partial charge < -0.3 is 4.74 Å². The van der Waals surface area contributed by atoms with Gasteiger partial charge in [-0.15, -0.1) is 0 Å². The van der Waals surface area contributed by atoms with Gasteiger partial charge in [-0.2, -0.15) is 0 Å². The fraction of sp³-hybridized carbons (Fsp3) is 0.500. The normalized spacial score (nSPS) is 26.9. The summed E-state index contributed by atoms with van der Waals surface area (Å²) in [6.45, 7) is 2.09. The predicted octanol–water partition coefficient (Wildman–Crippen LogP) is 2.41. The monoisotopic (exact) mass is 240 g/mol. The first kappa shape index (κ1) is 11.9. The van der Waals surface area contributed by atoms with Gasteiger partial charge in [-0.1, -0.05) is 23.7 Å². The van der Waals surface area contributed by atoms with Crippen molar-refractivity contribution in [3.8, 4) is 0 Å². The highest BCUT2D eigenvalue weighted by atomic mass is 35.5. The topological polar surface area (TPSA) is 47.3 Å². The van der Waals surface area contributed by atoms with Crippen molar-refractivity contribution in [3.63, 3.8) is 0 Å². The number of hydrogen-bond acceptors (Lipinski definition) is 3. The van der Waals surface area contributed by atoms with E-state index in [2.05, 4.69) is 12.3 Å². The van der Waals surface area contributed by atoms with Crippen molar-refractivity contribution in [1.82, 2.24) is 5.43 Å². The van der Waals surface area contributed by atoms with Crippen molar-refractivity contribution in [1.29, 1.82) is 0 Å². The number of rotatable bonds is 3. The SMILES string of the molecule is CC1CCC(C(NN)c2cccc(Cl)c2)O1. The zero-order chi connectivity index (χ0) is 11.5. The molecule has 3 atom stereocenters. The van der Waals surface area contributed by atoms with Crippen molar-refractivity contribution in [2.75, 3.05) is 0 Å². The maximum absolute atomic E-state index is 5.97. The van der Waals surface area contributed by atoms with Crippen LogP contribution in [0.1, 0.15) is 31.4 Å². The zero-order valence-corrected chi connectivity index (χ0v) is 10.1. The molecule has 16 heavy (non-hydrogen) atoms. The molecule has 1 fully saturated rings. The second-order valence-corrected chi connectivity index (χ2v) is 4.70. The van der Waals surface area contributed by atoms with E-state index in [9.17, 15) is 0 Å². The van der Waals surface area contributed by atoms with Gasteiger partial charge in [0, 0.05) is 5.02 Å². The van der Waals surface area contributed by atoms with Crippen LogP contribution in [0.5, 0.6) is 0 Å². The second kappa shape index (κ2) is 5.15. The molecule has 0 bridgehead atoms. The highest BCUT2D eigenvalue weighted by Gasteiger charge is 2.29. The highest BCUT2D eigenvalue weighted by molar-refractivity contribution is 6.30. The van der Waals surface area contributed by atoms with Gasteiger partial charge in [-0.25, -0.2) is 0 Å². The molecule has 1 aliphatic heterocycles. The van der Waals surface area contributed by atoms with E-state index in [1.165, 1.54) is 0 Å². The summed E-state index contributed by atoms with van der Waals surface area (Å²) in [4.78, 5) is 0. The van der Waals surface area contributed by atoms with Crippen LogP contribution in [0.2, 0.25) is 5.02 Å². The van der Waals surface area contributed by atoms with Crippen LogP contribution >= 0.6 is 11.6 Å². The number of hydrogen-bond donors (Lipinski definition) is 2. The van der Waals surface area contributed by atoms with Crippen LogP contribution in [0.15, 0.2) is 24.3 Å². The van der Waals surface area contributed by atoms with Crippen molar-refractivity contribution in [2.45, 2.75) is 38.0 Å². The largest absolute Gasteiger partial charge is 0.373 e. The Kier molecular flexibility index (Phi) is 3.82. The number of hydrazine groups is 1. The molecule has 2 rings (SSSR count). The smallest absolute Gasteiger partial charge is 0.0787 e. The van der Waals surface area contributed by atoms with Gasteiger partial charge in [-0.05, 0) is 37.5 Å². The molecule has 3 N–H and O–H groups in total. The zero-order valence-electron chi connectivity index (χ0n) is 9.32. The molecular formula is C12H17ClN2O. The quantitative estimate of drug-likeness (QED) is 0.630. The highest BCUT2D eigenvalue weighted by Crippen LogP contribution is 2.30. The van der Waals surface area contributed by atoms with Crippen molar-refractivity contribution in [2.24, 2.45) is 5.84 Å². The summed E-state index contributed by atoms with van der Waals surface area (Å²) in [5.41, 5.74) is 3.90. The van der Waals surface area contributed by atoms with Crippen LogP contribution in [-0.2, 0) is 4.74 Å². The Labute approximate surface area is 101 Å². The van der Waals surface area contributed by atoms with E-state index in [-0.39, 0.29) is 12.1 Å². The molecule has 1 aromatic rings. The first-order valence-corrected chi connectivity index (χ1v) is 5.95. The van der Waals surface area contributed by atoms with E-state index < -0.39 is 0 Å². The van der Waals surface area contributed by atoms with Crippen LogP contribution in [0, 0.1) is 0 Å². The molecule has 88 valence electrons. The Morgan fingerprint density at radius 2 is 2.31 bits per heavy atom. The van der Waals surface area contributed by atoms with Crippen LogP contribution < -0.4 is 11.3 Å². The molecule has 0 aromatic heterocycles. The van der Waals surface area contributed by atoms with Crippen molar-refractivity contribution < 1.29 is 4.74 Å². The molecule has 1 saturated heterocycles. The number of benzene rings is 1. The second-order valence-electron chi connectivity index (χ2n) is 4.26. The van der Waals surface area contributed by atoms with Gasteiger partial charge in [0.25, 0.3) is 0 Å². The molecular weight excluding hydrogens is 224 g/mol. The number of ether oxygens (including phenoxy) is 1. The molecule has 1 aromatic carbocycles. The molecule has 0 spiro atoms.